The molecule has 2 aromatic carbocycles. The van der Waals surface area contributed by atoms with Gasteiger partial charge in [-0.05, 0) is 25.0 Å². The van der Waals surface area contributed by atoms with Crippen molar-refractivity contribution < 1.29 is 38.4 Å². The lowest BCUT2D eigenvalue weighted by Gasteiger charge is -2.27. The number of nitrogens with one attached hydrogen (secondary N) is 2. The van der Waals surface area contributed by atoms with Crippen LogP contribution in [-0.2, 0) is 9.47 Å². The summed E-state index contributed by atoms with van der Waals surface area (Å²) >= 11 is 0. The van der Waals surface area contributed by atoms with Crippen molar-refractivity contribution in [2.45, 2.75) is 24.9 Å². The van der Waals surface area contributed by atoms with Crippen molar-refractivity contribution in [2.24, 2.45) is 0 Å². The fourth-order valence-corrected chi connectivity index (χ4v) is 4.13. The Morgan fingerprint density at radius 3 is 1.58 bits per heavy atom. The van der Waals surface area contributed by atoms with Crippen molar-refractivity contribution in [3.63, 3.8) is 0 Å². The van der Waals surface area contributed by atoms with Crippen LogP contribution in [0.2, 0.25) is 0 Å². The van der Waals surface area contributed by atoms with Gasteiger partial charge in [-0.1, -0.05) is 12.2 Å². The molecule has 14 heteroatoms. The SMILES string of the molecule is COC(=O)c1cc2c(c([N+](=O)[O-])c1)N[C@@H](C/C=C/C[C@H]1COc3cc(C(=O)OC)cc([N+](=O)[O-])c3N1)CO2. The van der Waals surface area contributed by atoms with Gasteiger partial charge < -0.3 is 29.6 Å². The molecule has 2 heterocycles. The molecule has 0 fully saturated rings. The number of rotatable bonds is 8. The molecule has 0 saturated heterocycles. The van der Waals surface area contributed by atoms with Crippen LogP contribution in [-0.4, -0.2) is 61.3 Å². The van der Waals surface area contributed by atoms with Crippen molar-refractivity contribution in [1.82, 2.24) is 0 Å². The standard InChI is InChI=1S/C24H24N4O10/c1-35-23(29)13-7-17(27(31)32)21-19(9-13)37-11-15(25-21)5-3-4-6-16-12-38-20-10-14(24(30)36-2)8-18(28(33)34)22(20)26-16/h3-4,7-10,15-16,25-26H,5-6,11-12H2,1-2H3/b4-3+/t15-,16-/m0/s1. The zero-order valence-electron chi connectivity index (χ0n) is 20.4. The van der Waals surface area contributed by atoms with Crippen LogP contribution in [0.1, 0.15) is 33.6 Å². The first kappa shape index (κ1) is 26.2. The van der Waals surface area contributed by atoms with E-state index in [4.69, 9.17) is 9.47 Å². The largest absolute Gasteiger partial charge is 0.489 e. The third kappa shape index (κ3) is 5.43. The molecule has 0 aliphatic carbocycles. The van der Waals surface area contributed by atoms with E-state index in [1.807, 2.05) is 12.2 Å². The summed E-state index contributed by atoms with van der Waals surface area (Å²) in [6.45, 7) is 0.429. The third-order valence-corrected chi connectivity index (χ3v) is 5.98. The Balaban J connectivity index is 1.39. The van der Waals surface area contributed by atoms with Gasteiger partial charge in [0.05, 0.1) is 47.3 Å². The molecule has 4 rings (SSSR count). The van der Waals surface area contributed by atoms with Crippen molar-refractivity contribution in [3.05, 3.63) is 67.8 Å². The molecule has 0 bridgehead atoms. The number of carbonyl (C=O) groups is 2. The van der Waals surface area contributed by atoms with E-state index in [0.29, 0.717) is 12.8 Å². The lowest BCUT2D eigenvalue weighted by Crippen LogP contribution is -2.32. The zero-order valence-corrected chi connectivity index (χ0v) is 20.4. The van der Waals surface area contributed by atoms with E-state index in [1.165, 1.54) is 26.4 Å². The van der Waals surface area contributed by atoms with E-state index in [9.17, 15) is 29.8 Å². The Morgan fingerprint density at radius 1 is 0.842 bits per heavy atom. The molecule has 2 atom stereocenters. The van der Waals surface area contributed by atoms with Gasteiger partial charge in [-0.2, -0.15) is 0 Å². The van der Waals surface area contributed by atoms with Crippen LogP contribution >= 0.6 is 0 Å². The van der Waals surface area contributed by atoms with Gasteiger partial charge in [-0.15, -0.1) is 0 Å². The van der Waals surface area contributed by atoms with Crippen molar-refractivity contribution in [3.8, 4) is 11.5 Å². The van der Waals surface area contributed by atoms with Crippen LogP contribution in [0.25, 0.3) is 0 Å². The number of hydrogen-bond donors (Lipinski definition) is 2. The number of methoxy groups -OCH3 is 2. The topological polar surface area (TPSA) is 181 Å². The number of anilines is 2. The normalized spacial score (nSPS) is 17.5. The highest BCUT2D eigenvalue weighted by atomic mass is 16.6. The number of benzene rings is 2. The van der Waals surface area contributed by atoms with E-state index >= 15 is 0 Å². The number of nitrogens with zero attached hydrogens (tertiary/aromatic N) is 2. The zero-order chi connectivity index (χ0) is 27.4. The van der Waals surface area contributed by atoms with Gasteiger partial charge in [0.1, 0.15) is 24.7 Å². The van der Waals surface area contributed by atoms with Crippen LogP contribution in [0.5, 0.6) is 11.5 Å². The maximum absolute atomic E-state index is 11.8. The van der Waals surface area contributed by atoms with Crippen LogP contribution in [0.3, 0.4) is 0 Å². The van der Waals surface area contributed by atoms with Crippen molar-refractivity contribution in [1.29, 1.82) is 0 Å². The van der Waals surface area contributed by atoms with Gasteiger partial charge in [-0.3, -0.25) is 20.2 Å². The lowest BCUT2D eigenvalue weighted by atomic mass is 10.1. The molecular weight excluding hydrogens is 504 g/mol. The maximum Gasteiger partial charge on any atom is 0.338 e. The lowest BCUT2D eigenvalue weighted by molar-refractivity contribution is -0.384. The number of nitro groups is 2. The third-order valence-electron chi connectivity index (χ3n) is 5.98. The number of esters is 2. The van der Waals surface area contributed by atoms with Gasteiger partial charge in [0.15, 0.2) is 11.4 Å². The fraction of sp³-hybridized carbons (Fsp3) is 0.333. The molecule has 0 aromatic heterocycles. The number of nitro benzene ring substituents is 2. The number of fused-ring (bicyclic) bond motifs is 2. The molecule has 0 amide bonds. The second-order valence-corrected chi connectivity index (χ2v) is 8.48. The molecule has 0 saturated carbocycles. The van der Waals surface area contributed by atoms with E-state index in [1.54, 1.807) is 0 Å². The van der Waals surface area contributed by atoms with Gasteiger partial charge >= 0.3 is 11.9 Å². The van der Waals surface area contributed by atoms with Gasteiger partial charge in [0, 0.05) is 12.1 Å². The Morgan fingerprint density at radius 2 is 1.24 bits per heavy atom. The van der Waals surface area contributed by atoms with Gasteiger partial charge in [0.25, 0.3) is 11.4 Å². The molecule has 2 aliphatic rings. The van der Waals surface area contributed by atoms with Crippen LogP contribution in [0.4, 0.5) is 22.7 Å². The van der Waals surface area contributed by atoms with Crippen LogP contribution in [0, 0.1) is 20.2 Å². The highest BCUT2D eigenvalue weighted by molar-refractivity contribution is 5.93. The minimum atomic E-state index is -0.707. The Kier molecular flexibility index (Phi) is 7.60. The Bertz CT molecular complexity index is 1230. The molecule has 0 radical (unpaired) electrons. The predicted molar refractivity (Wildman–Crippen MR) is 133 cm³/mol. The van der Waals surface area contributed by atoms with Crippen molar-refractivity contribution in [2.75, 3.05) is 38.1 Å². The monoisotopic (exact) mass is 528 g/mol. The van der Waals surface area contributed by atoms with Gasteiger partial charge in [-0.25, -0.2) is 9.59 Å². The van der Waals surface area contributed by atoms with Crippen LogP contribution < -0.4 is 20.1 Å². The highest BCUT2D eigenvalue weighted by Gasteiger charge is 2.30. The second-order valence-electron chi connectivity index (χ2n) is 8.48. The highest BCUT2D eigenvalue weighted by Crippen LogP contribution is 2.40. The molecule has 0 spiro atoms. The number of ether oxygens (including phenoxy) is 4. The van der Waals surface area contributed by atoms with E-state index in [0.717, 1.165) is 12.1 Å². The van der Waals surface area contributed by atoms with E-state index in [-0.39, 0.29) is 70.7 Å². The van der Waals surface area contributed by atoms with Crippen molar-refractivity contribution >= 4 is 34.7 Å². The smallest absolute Gasteiger partial charge is 0.338 e. The molecule has 2 N–H and O–H groups in total. The number of carbonyl (C=O) groups excluding carboxylic acids is 2. The maximum atomic E-state index is 11.8. The molecule has 200 valence electrons. The molecule has 2 aliphatic heterocycles. The predicted octanol–water partition coefficient (Wildman–Crippen LogP) is 3.46. The van der Waals surface area contributed by atoms with E-state index < -0.39 is 21.8 Å². The second kappa shape index (κ2) is 11.0. The molecular formula is C24H24N4O10. The minimum absolute atomic E-state index is 0.0172. The molecule has 0 unspecified atom stereocenters. The van der Waals surface area contributed by atoms with Crippen LogP contribution in [0.15, 0.2) is 36.4 Å². The number of hydrogen-bond acceptors (Lipinski definition) is 12. The first-order valence-corrected chi connectivity index (χ1v) is 11.5. The summed E-state index contributed by atoms with van der Waals surface area (Å²) in [5.74, 6) is -1.03. The van der Waals surface area contributed by atoms with Gasteiger partial charge in [0.2, 0.25) is 0 Å². The summed E-state index contributed by atoms with van der Waals surface area (Å²) < 4.78 is 20.6. The Labute approximate surface area is 215 Å². The molecule has 38 heavy (non-hydrogen) atoms. The quantitative estimate of drug-likeness (QED) is 0.221. The summed E-state index contributed by atoms with van der Waals surface area (Å²) in [4.78, 5) is 45.6. The molecule has 14 nitrogen and oxygen atoms in total. The average Bonchev–Trinajstić information content (AvgIpc) is 2.92. The minimum Gasteiger partial charge on any atom is -0.489 e. The summed E-state index contributed by atoms with van der Waals surface area (Å²) in [6, 6.07) is 4.53. The summed E-state index contributed by atoms with van der Waals surface area (Å²) in [5, 5.41) is 29.3. The molecule has 2 aromatic rings. The first-order chi connectivity index (χ1) is 18.2. The summed E-state index contributed by atoms with van der Waals surface area (Å²) in [6.07, 6.45) is 4.68. The average molecular weight is 528 g/mol. The Hall–Kier alpha value is -4.88. The summed E-state index contributed by atoms with van der Waals surface area (Å²) in [5.41, 5.74) is -0.187. The van der Waals surface area contributed by atoms with E-state index in [2.05, 4.69) is 20.1 Å². The summed E-state index contributed by atoms with van der Waals surface area (Å²) in [7, 11) is 2.37. The fourth-order valence-electron chi connectivity index (χ4n) is 4.13. The first-order valence-electron chi connectivity index (χ1n) is 11.5.